The third kappa shape index (κ3) is 6.17. The molecule has 2 aromatic rings. The van der Waals surface area contributed by atoms with Gasteiger partial charge in [-0.15, -0.1) is 0 Å². The molecule has 0 saturated heterocycles. The van der Waals surface area contributed by atoms with Crippen LogP contribution in [0.25, 0.3) is 0 Å². The van der Waals surface area contributed by atoms with E-state index in [1.165, 1.54) is 11.6 Å². The summed E-state index contributed by atoms with van der Waals surface area (Å²) in [7, 11) is 1.66. The fraction of sp³-hybridized carbons (Fsp3) is 0.188. The zero-order chi connectivity index (χ0) is 15.7. The average Bonchev–Trinajstić information content (AvgIpc) is 2.49. The molecule has 21 heavy (non-hydrogen) atoms. The van der Waals surface area contributed by atoms with E-state index in [1.54, 1.807) is 19.2 Å². The largest absolute Gasteiger partial charge is 0.497 e. The molecule has 3 nitrogen and oxygen atoms in total. The van der Waals surface area contributed by atoms with Gasteiger partial charge < -0.3 is 10.5 Å². The fourth-order valence-electron chi connectivity index (χ4n) is 1.56. The van der Waals surface area contributed by atoms with Crippen LogP contribution in [0.15, 0.2) is 42.5 Å². The van der Waals surface area contributed by atoms with E-state index in [-0.39, 0.29) is 0 Å². The summed E-state index contributed by atoms with van der Waals surface area (Å²) in [5.74, 6) is 0.894. The molecule has 0 saturated carbocycles. The van der Waals surface area contributed by atoms with Crippen LogP contribution >= 0.6 is 23.2 Å². The summed E-state index contributed by atoms with van der Waals surface area (Å²) in [4.78, 5) is 10.2. The fourth-order valence-corrected chi connectivity index (χ4v) is 2.01. The Hall–Kier alpha value is -1.55. The van der Waals surface area contributed by atoms with Crippen molar-refractivity contribution in [3.05, 3.63) is 63.6 Å². The van der Waals surface area contributed by atoms with Crippen LogP contribution in [0.1, 0.15) is 15.9 Å². The average molecular weight is 326 g/mol. The van der Waals surface area contributed by atoms with Gasteiger partial charge >= 0.3 is 0 Å². The predicted octanol–water partition coefficient (Wildman–Crippen LogP) is 4.00. The standard InChI is InChI=1S/C9H13NO.C7H4Cl2O/c1-11-9-4-2-8(3-5-9)6-7-10;8-6-2-1-5(4-10)7(9)3-6/h2-5H,6-7,10H2,1H3;1-4H. The number of methoxy groups -OCH3 is 1. The Morgan fingerprint density at radius 1 is 1.14 bits per heavy atom. The third-order valence-electron chi connectivity index (χ3n) is 2.68. The molecule has 5 heteroatoms. The first-order valence-electron chi connectivity index (χ1n) is 6.34. The van der Waals surface area contributed by atoms with Gasteiger partial charge in [0.1, 0.15) is 5.75 Å². The number of aldehydes is 1. The molecule has 0 aliphatic heterocycles. The van der Waals surface area contributed by atoms with Crippen LogP contribution in [0.2, 0.25) is 10.0 Å². The second-order valence-corrected chi connectivity index (χ2v) is 5.01. The van der Waals surface area contributed by atoms with Crippen molar-refractivity contribution in [1.82, 2.24) is 0 Å². The Balaban J connectivity index is 0.000000211. The lowest BCUT2D eigenvalue weighted by Crippen LogP contribution is -2.02. The van der Waals surface area contributed by atoms with E-state index in [1.807, 2.05) is 24.3 Å². The molecule has 0 aliphatic carbocycles. The molecule has 0 aliphatic rings. The normalized spacial score (nSPS) is 9.52. The van der Waals surface area contributed by atoms with Crippen molar-refractivity contribution in [3.8, 4) is 5.75 Å². The molecule has 0 heterocycles. The monoisotopic (exact) mass is 325 g/mol. The number of hydrogen-bond donors (Lipinski definition) is 1. The van der Waals surface area contributed by atoms with Crippen LogP contribution in [0.5, 0.6) is 5.75 Å². The Labute approximate surface area is 134 Å². The minimum Gasteiger partial charge on any atom is -0.497 e. The number of carbonyl (C=O) groups excluding carboxylic acids is 1. The van der Waals surface area contributed by atoms with Gasteiger partial charge in [-0.25, -0.2) is 0 Å². The maximum atomic E-state index is 10.2. The highest BCUT2D eigenvalue weighted by atomic mass is 35.5. The molecular weight excluding hydrogens is 309 g/mol. The summed E-state index contributed by atoms with van der Waals surface area (Å²) in [5.41, 5.74) is 7.12. The molecule has 0 fully saturated rings. The highest BCUT2D eigenvalue weighted by Gasteiger charge is 1.97. The van der Waals surface area contributed by atoms with Crippen LogP contribution in [0.4, 0.5) is 0 Å². The van der Waals surface area contributed by atoms with Crippen LogP contribution in [-0.4, -0.2) is 19.9 Å². The van der Waals surface area contributed by atoms with Crippen molar-refractivity contribution in [2.75, 3.05) is 13.7 Å². The van der Waals surface area contributed by atoms with E-state index in [0.717, 1.165) is 12.2 Å². The van der Waals surface area contributed by atoms with Crippen LogP contribution in [0, 0.1) is 0 Å². The van der Waals surface area contributed by atoms with Gasteiger partial charge in [0, 0.05) is 10.6 Å². The van der Waals surface area contributed by atoms with Crippen molar-refractivity contribution in [2.45, 2.75) is 6.42 Å². The molecule has 0 unspecified atom stereocenters. The van der Waals surface area contributed by atoms with E-state index in [2.05, 4.69) is 0 Å². The summed E-state index contributed by atoms with van der Waals surface area (Å²) in [6.07, 6.45) is 1.63. The molecule has 0 atom stereocenters. The van der Waals surface area contributed by atoms with Gasteiger partial charge in [0.25, 0.3) is 0 Å². The van der Waals surface area contributed by atoms with Gasteiger partial charge in [-0.3, -0.25) is 4.79 Å². The van der Waals surface area contributed by atoms with Crippen molar-refractivity contribution in [1.29, 1.82) is 0 Å². The minimum atomic E-state index is 0.391. The Bertz CT molecular complexity index is 571. The first-order chi connectivity index (χ1) is 10.1. The van der Waals surface area contributed by atoms with Gasteiger partial charge in [0.15, 0.2) is 6.29 Å². The lowest BCUT2D eigenvalue weighted by atomic mass is 10.1. The summed E-state index contributed by atoms with van der Waals surface area (Å²) < 4.78 is 5.02. The number of nitrogens with two attached hydrogens (primary N) is 1. The zero-order valence-electron chi connectivity index (χ0n) is 11.7. The summed E-state index contributed by atoms with van der Waals surface area (Å²) in [6.45, 7) is 0.701. The van der Waals surface area contributed by atoms with Gasteiger partial charge in [0.2, 0.25) is 0 Å². The maximum Gasteiger partial charge on any atom is 0.151 e. The van der Waals surface area contributed by atoms with E-state index in [0.29, 0.717) is 28.4 Å². The topological polar surface area (TPSA) is 52.3 Å². The minimum absolute atomic E-state index is 0.391. The quantitative estimate of drug-likeness (QED) is 0.864. The van der Waals surface area contributed by atoms with E-state index >= 15 is 0 Å². The highest BCUT2D eigenvalue weighted by Crippen LogP contribution is 2.18. The predicted molar refractivity (Wildman–Crippen MR) is 87.6 cm³/mol. The van der Waals surface area contributed by atoms with E-state index in [9.17, 15) is 4.79 Å². The zero-order valence-corrected chi connectivity index (χ0v) is 13.2. The highest BCUT2D eigenvalue weighted by molar-refractivity contribution is 6.36. The van der Waals surface area contributed by atoms with Crippen LogP contribution < -0.4 is 10.5 Å². The lowest BCUT2D eigenvalue weighted by Gasteiger charge is -2.00. The third-order valence-corrected chi connectivity index (χ3v) is 3.24. The number of halogens is 2. The summed E-state index contributed by atoms with van der Waals surface area (Å²) in [5, 5.41) is 0.929. The molecule has 0 aromatic heterocycles. The molecule has 2 N–H and O–H groups in total. The Morgan fingerprint density at radius 2 is 1.81 bits per heavy atom. The first kappa shape index (κ1) is 17.5. The van der Waals surface area contributed by atoms with Crippen molar-refractivity contribution in [3.63, 3.8) is 0 Å². The van der Waals surface area contributed by atoms with E-state index < -0.39 is 0 Å². The second-order valence-electron chi connectivity index (χ2n) is 4.17. The summed E-state index contributed by atoms with van der Waals surface area (Å²) >= 11 is 11.2. The lowest BCUT2D eigenvalue weighted by molar-refractivity contribution is 0.112. The molecule has 0 spiro atoms. The number of hydrogen-bond acceptors (Lipinski definition) is 3. The van der Waals surface area contributed by atoms with Crippen LogP contribution in [-0.2, 0) is 6.42 Å². The second kappa shape index (κ2) is 9.40. The van der Waals surface area contributed by atoms with Crippen molar-refractivity contribution in [2.24, 2.45) is 5.73 Å². The number of rotatable bonds is 4. The molecule has 112 valence electrons. The Kier molecular flexibility index (Phi) is 7.83. The molecule has 2 aromatic carbocycles. The molecular formula is C16H17Cl2NO2. The van der Waals surface area contributed by atoms with Gasteiger partial charge in [0.05, 0.1) is 12.1 Å². The van der Waals surface area contributed by atoms with Crippen molar-refractivity contribution >= 4 is 29.5 Å². The van der Waals surface area contributed by atoms with Gasteiger partial charge in [-0.1, -0.05) is 35.3 Å². The van der Waals surface area contributed by atoms with Crippen LogP contribution in [0.3, 0.4) is 0 Å². The maximum absolute atomic E-state index is 10.2. The first-order valence-corrected chi connectivity index (χ1v) is 7.09. The molecule has 0 amide bonds. The SMILES string of the molecule is COc1ccc(CCN)cc1.O=Cc1ccc(Cl)cc1Cl. The van der Waals surface area contributed by atoms with E-state index in [4.69, 9.17) is 33.7 Å². The smallest absolute Gasteiger partial charge is 0.151 e. The number of ether oxygens (including phenoxy) is 1. The molecule has 0 bridgehead atoms. The van der Waals surface area contributed by atoms with Gasteiger partial charge in [-0.05, 0) is 48.9 Å². The Morgan fingerprint density at radius 3 is 2.29 bits per heavy atom. The summed E-state index contributed by atoms with van der Waals surface area (Å²) in [6, 6.07) is 12.7. The van der Waals surface area contributed by atoms with Gasteiger partial charge in [-0.2, -0.15) is 0 Å². The van der Waals surface area contributed by atoms with Crippen molar-refractivity contribution < 1.29 is 9.53 Å². The number of carbonyl (C=O) groups is 1. The molecule has 0 radical (unpaired) electrons. The molecule has 2 rings (SSSR count). The number of benzene rings is 2.